The van der Waals surface area contributed by atoms with E-state index >= 15 is 0 Å². The number of rotatable bonds is 5. The van der Waals surface area contributed by atoms with E-state index in [0.29, 0.717) is 40.1 Å². The maximum absolute atomic E-state index is 14.3. The molecule has 2 fully saturated rings. The van der Waals surface area contributed by atoms with Crippen molar-refractivity contribution in [3.8, 4) is 11.5 Å². The number of carbonyl (C=O) groups excluding carboxylic acids is 1. The first kappa shape index (κ1) is 36.1. The lowest BCUT2D eigenvalue weighted by Gasteiger charge is -2.29. The molecular weight excluding hydrogens is 669 g/mol. The lowest BCUT2D eigenvalue weighted by molar-refractivity contribution is 0.111. The Morgan fingerprint density at radius 1 is 0.878 bits per heavy atom. The summed E-state index contributed by atoms with van der Waals surface area (Å²) in [5, 5.41) is 4.29. The number of imidazole rings is 1. The second-order valence-corrected chi connectivity index (χ2v) is 13.5. The number of aldehydes is 1. The van der Waals surface area contributed by atoms with Gasteiger partial charge in [0.25, 0.3) is 0 Å². The predicted molar refractivity (Wildman–Crippen MR) is 191 cm³/mol. The molecule has 5 aromatic heterocycles. The van der Waals surface area contributed by atoms with Crippen LogP contribution >= 0.6 is 23.2 Å². The van der Waals surface area contributed by atoms with E-state index in [0.717, 1.165) is 41.9 Å². The van der Waals surface area contributed by atoms with Gasteiger partial charge in [-0.3, -0.25) is 9.78 Å². The number of nitrogen functional groups attached to an aromatic ring is 1. The van der Waals surface area contributed by atoms with Crippen molar-refractivity contribution in [3.05, 3.63) is 88.8 Å². The Labute approximate surface area is 294 Å². The highest BCUT2D eigenvalue weighted by Gasteiger charge is 2.27. The zero-order valence-corrected chi connectivity index (χ0v) is 29.0. The van der Waals surface area contributed by atoms with Gasteiger partial charge < -0.3 is 15.6 Å². The summed E-state index contributed by atoms with van der Waals surface area (Å²) in [7, 11) is 0. The molecule has 49 heavy (non-hydrogen) atoms. The van der Waals surface area contributed by atoms with E-state index in [1.54, 1.807) is 36.8 Å². The van der Waals surface area contributed by atoms with Crippen LogP contribution in [-0.4, -0.2) is 41.8 Å². The summed E-state index contributed by atoms with van der Waals surface area (Å²) in [6.07, 6.45) is 16.4. The number of nitrogens with two attached hydrogens (primary N) is 1. The largest absolute Gasteiger partial charge is 0.397 e. The standard InChI is InChI=1S/C18H18ClFN4.C12H18ClN3.C6H4FNO/c1-11-4-2-5-12(8-11)24-15-10-22-16(19)9-14(15)23-18(24)17-13(20)6-3-7-21-17;1-8-3-2-4-9(5-8)16-11-7-15-12(13)6-10(11)14;7-5-2-1-3-8-6(5)4-9/h3,6-7,9-12H,2,4-5,8H2,1H3;6-9,16H,2-5H2,1H3,(H2,14,15);1-4H/t11-,12+;8-,9+;/m11./s1. The monoisotopic (exact) mass is 708 g/mol. The fourth-order valence-electron chi connectivity index (χ4n) is 6.53. The highest BCUT2D eigenvalue weighted by Crippen LogP contribution is 2.38. The summed E-state index contributed by atoms with van der Waals surface area (Å²) in [6.45, 7) is 4.57. The molecule has 2 aliphatic carbocycles. The van der Waals surface area contributed by atoms with Crippen LogP contribution in [0.3, 0.4) is 0 Å². The fraction of sp³-hybridized carbons (Fsp3) is 0.389. The fourth-order valence-corrected chi connectivity index (χ4v) is 6.85. The summed E-state index contributed by atoms with van der Waals surface area (Å²) >= 11 is 11.8. The van der Waals surface area contributed by atoms with Gasteiger partial charge in [0.1, 0.15) is 21.7 Å². The van der Waals surface area contributed by atoms with Crippen LogP contribution in [0, 0.1) is 23.5 Å². The summed E-state index contributed by atoms with van der Waals surface area (Å²) in [5.74, 6) is 1.06. The third-order valence-corrected chi connectivity index (χ3v) is 9.30. The quantitative estimate of drug-likeness (QED) is 0.137. The molecule has 5 heterocycles. The van der Waals surface area contributed by atoms with E-state index in [4.69, 9.17) is 28.9 Å². The Hall–Kier alpha value is -4.22. The number of fused-ring (bicyclic) bond motifs is 1. The molecule has 9 nitrogen and oxygen atoms in total. The number of nitrogens with one attached hydrogen (secondary N) is 1. The van der Waals surface area contributed by atoms with Crippen LogP contribution in [0.25, 0.3) is 22.6 Å². The zero-order chi connectivity index (χ0) is 34.9. The van der Waals surface area contributed by atoms with Crippen LogP contribution < -0.4 is 11.1 Å². The minimum Gasteiger partial charge on any atom is -0.397 e. The lowest BCUT2D eigenvalue weighted by Crippen LogP contribution is -2.26. The van der Waals surface area contributed by atoms with Gasteiger partial charge in [0.05, 0.1) is 34.8 Å². The smallest absolute Gasteiger partial charge is 0.171 e. The predicted octanol–water partition coefficient (Wildman–Crippen LogP) is 9.38. The van der Waals surface area contributed by atoms with Crippen molar-refractivity contribution in [1.29, 1.82) is 0 Å². The molecule has 3 N–H and O–H groups in total. The second kappa shape index (κ2) is 16.9. The van der Waals surface area contributed by atoms with Gasteiger partial charge in [0.15, 0.2) is 23.7 Å². The molecule has 0 amide bonds. The number of anilines is 2. The molecule has 0 saturated heterocycles. The molecule has 0 bridgehead atoms. The van der Waals surface area contributed by atoms with Crippen molar-refractivity contribution >= 4 is 51.9 Å². The number of hydrogen-bond donors (Lipinski definition) is 2. The Kier molecular flexibility index (Phi) is 12.5. The molecule has 0 unspecified atom stereocenters. The third kappa shape index (κ3) is 9.48. The Bertz CT molecular complexity index is 1870. The van der Waals surface area contributed by atoms with Gasteiger partial charge in [0, 0.05) is 36.6 Å². The van der Waals surface area contributed by atoms with Crippen LogP contribution in [0.5, 0.6) is 0 Å². The van der Waals surface area contributed by atoms with Gasteiger partial charge in [-0.15, -0.1) is 0 Å². The van der Waals surface area contributed by atoms with E-state index in [1.165, 1.54) is 56.5 Å². The van der Waals surface area contributed by atoms with Crippen LogP contribution in [0.15, 0.2) is 61.2 Å². The molecule has 7 rings (SSSR count). The number of halogens is 4. The topological polar surface area (TPSA) is 124 Å². The molecule has 4 atom stereocenters. The molecule has 0 aliphatic heterocycles. The van der Waals surface area contributed by atoms with Crippen molar-refractivity contribution in [2.75, 3.05) is 11.1 Å². The van der Waals surface area contributed by atoms with Crippen molar-refractivity contribution < 1.29 is 13.6 Å². The number of pyridine rings is 4. The van der Waals surface area contributed by atoms with Crippen LogP contribution in [0.4, 0.5) is 20.2 Å². The van der Waals surface area contributed by atoms with Crippen molar-refractivity contribution in [2.24, 2.45) is 11.8 Å². The highest BCUT2D eigenvalue weighted by atomic mass is 35.5. The summed E-state index contributed by atoms with van der Waals surface area (Å²) in [5.41, 5.74) is 9.23. The number of hydrogen-bond acceptors (Lipinski definition) is 8. The summed E-state index contributed by atoms with van der Waals surface area (Å²) in [6, 6.07) is 9.85. The van der Waals surface area contributed by atoms with Gasteiger partial charge in [0.2, 0.25) is 0 Å². The van der Waals surface area contributed by atoms with Crippen LogP contribution in [0.1, 0.15) is 81.7 Å². The Morgan fingerprint density at radius 2 is 1.55 bits per heavy atom. The van der Waals surface area contributed by atoms with E-state index < -0.39 is 5.82 Å². The zero-order valence-electron chi connectivity index (χ0n) is 27.5. The molecule has 258 valence electrons. The summed E-state index contributed by atoms with van der Waals surface area (Å²) in [4.78, 5) is 30.5. The second-order valence-electron chi connectivity index (χ2n) is 12.8. The molecule has 0 radical (unpaired) electrons. The first-order valence-electron chi connectivity index (χ1n) is 16.5. The van der Waals surface area contributed by atoms with Gasteiger partial charge in [-0.1, -0.05) is 62.7 Å². The maximum atomic E-state index is 14.3. The molecule has 0 aromatic carbocycles. The van der Waals surface area contributed by atoms with Crippen molar-refractivity contribution in [1.82, 2.24) is 29.5 Å². The normalized spacial score (nSPS) is 20.4. The lowest BCUT2D eigenvalue weighted by atomic mass is 9.87. The first-order chi connectivity index (χ1) is 23.6. The minimum absolute atomic E-state index is 0.141. The van der Waals surface area contributed by atoms with Crippen molar-refractivity contribution in [2.45, 2.75) is 77.3 Å². The number of aromatic nitrogens is 6. The van der Waals surface area contributed by atoms with Gasteiger partial charge in [-0.25, -0.2) is 28.7 Å². The molecule has 13 heteroatoms. The molecule has 2 aliphatic rings. The van der Waals surface area contributed by atoms with Gasteiger partial charge in [-0.2, -0.15) is 0 Å². The Morgan fingerprint density at radius 3 is 2.20 bits per heavy atom. The van der Waals surface area contributed by atoms with Crippen molar-refractivity contribution in [3.63, 3.8) is 0 Å². The number of nitrogens with zero attached hydrogens (tertiary/aromatic N) is 6. The van der Waals surface area contributed by atoms with E-state index in [1.807, 2.05) is 0 Å². The van der Waals surface area contributed by atoms with Crippen LogP contribution in [0.2, 0.25) is 10.3 Å². The third-order valence-electron chi connectivity index (χ3n) is 8.88. The van der Waals surface area contributed by atoms with E-state index in [-0.39, 0.29) is 23.2 Å². The molecule has 5 aromatic rings. The van der Waals surface area contributed by atoms with Gasteiger partial charge >= 0.3 is 0 Å². The molecule has 0 spiro atoms. The van der Waals surface area contributed by atoms with E-state index in [2.05, 4.69) is 48.7 Å². The first-order valence-corrected chi connectivity index (χ1v) is 17.3. The SMILES string of the molecule is C[C@@H]1CCC[C@H](Nc2cnc(Cl)cc2N)C1.C[C@@H]1CCC[C@H](n2c(-c3ncccc3F)nc3cc(Cl)ncc32)C1.O=Cc1ncccc1F. The average molecular weight is 710 g/mol. The maximum Gasteiger partial charge on any atom is 0.171 e. The minimum atomic E-state index is -0.576. The van der Waals surface area contributed by atoms with Gasteiger partial charge in [-0.05, 0) is 61.8 Å². The average Bonchev–Trinajstić information content (AvgIpc) is 3.45. The Balaban J connectivity index is 0.000000161. The molecule has 2 saturated carbocycles. The van der Waals surface area contributed by atoms with E-state index in [9.17, 15) is 13.6 Å². The van der Waals surface area contributed by atoms with Crippen LogP contribution in [-0.2, 0) is 0 Å². The molecular formula is C36H40Cl2F2N8O. The summed E-state index contributed by atoms with van der Waals surface area (Å²) < 4.78 is 28.8. The number of carbonyl (C=O) groups is 1. The highest BCUT2D eigenvalue weighted by molar-refractivity contribution is 6.30.